The summed E-state index contributed by atoms with van der Waals surface area (Å²) in [7, 11) is 1.73. The number of guanidine groups is 1. The second-order valence-electron chi connectivity index (χ2n) is 14.5. The summed E-state index contributed by atoms with van der Waals surface area (Å²) < 4.78 is 12.3. The van der Waals surface area contributed by atoms with Crippen LogP contribution in [0.3, 0.4) is 0 Å². The van der Waals surface area contributed by atoms with E-state index in [-0.39, 0.29) is 41.9 Å². The fourth-order valence-corrected chi connectivity index (χ4v) is 8.70. The number of epoxide rings is 1. The van der Waals surface area contributed by atoms with Crippen LogP contribution in [0.1, 0.15) is 85.1 Å². The van der Waals surface area contributed by atoms with Gasteiger partial charge in [0.1, 0.15) is 5.82 Å². The van der Waals surface area contributed by atoms with Gasteiger partial charge in [-0.15, -0.1) is 0 Å². The van der Waals surface area contributed by atoms with Crippen LogP contribution in [0.15, 0.2) is 83.0 Å². The summed E-state index contributed by atoms with van der Waals surface area (Å²) in [5, 5.41) is 10.5. The van der Waals surface area contributed by atoms with Gasteiger partial charge in [-0.25, -0.2) is 9.78 Å². The number of likely N-dealkylation sites (N-methyl/N-ethyl adjacent to an activating group) is 1. The second kappa shape index (κ2) is 13.8. The summed E-state index contributed by atoms with van der Waals surface area (Å²) in [5.41, 5.74) is 5.54. The van der Waals surface area contributed by atoms with Crippen molar-refractivity contribution in [3.63, 3.8) is 0 Å². The Bertz CT molecular complexity index is 1850. The first-order chi connectivity index (χ1) is 24.7. The molecule has 2 saturated heterocycles. The smallest absolute Gasteiger partial charge is 0.350 e. The molecule has 0 spiro atoms. The van der Waals surface area contributed by atoms with Gasteiger partial charge in [0.05, 0.1) is 12.1 Å². The number of allylic oxidation sites excluding steroid dienone is 3. The zero-order valence-corrected chi connectivity index (χ0v) is 29.7. The van der Waals surface area contributed by atoms with E-state index in [4.69, 9.17) is 15.2 Å². The van der Waals surface area contributed by atoms with Crippen molar-refractivity contribution in [2.75, 3.05) is 32.5 Å². The monoisotopic (exact) mass is 692 g/mol. The second-order valence-corrected chi connectivity index (χ2v) is 14.5. The molecule has 0 amide bonds. The molecule has 51 heavy (non-hydrogen) atoms. The lowest BCUT2D eigenvalue weighted by atomic mass is 9.72. The Morgan fingerprint density at radius 3 is 2.78 bits per heavy atom. The fraction of sp³-hybridized carbons (Fsp3) is 0.475. The maximum Gasteiger partial charge on any atom is 0.350 e. The number of rotatable bonds is 10. The summed E-state index contributed by atoms with van der Waals surface area (Å²) in [5.74, 6) is -0.170. The van der Waals surface area contributed by atoms with E-state index >= 15 is 0 Å². The Morgan fingerprint density at radius 1 is 1.22 bits per heavy atom. The number of anilines is 1. The van der Waals surface area contributed by atoms with Gasteiger partial charge >= 0.3 is 5.97 Å². The molecule has 5 N–H and O–H groups in total. The number of carbonyl (C=O) groups excluding carboxylic acids is 3. The third kappa shape index (κ3) is 6.10. The van der Waals surface area contributed by atoms with Crippen LogP contribution in [0.2, 0.25) is 0 Å². The zero-order chi connectivity index (χ0) is 35.8. The van der Waals surface area contributed by atoms with E-state index < -0.39 is 28.5 Å². The summed E-state index contributed by atoms with van der Waals surface area (Å²) in [4.78, 5) is 51.4. The number of nitrogens with zero attached hydrogens (tertiary/aromatic N) is 2. The molecule has 5 aliphatic rings. The molecular weight excluding hydrogens is 644 g/mol. The third-order valence-corrected chi connectivity index (χ3v) is 11.3. The average molecular weight is 693 g/mol. The fourth-order valence-electron chi connectivity index (χ4n) is 8.70. The number of aromatic nitrogens is 1. The maximum atomic E-state index is 14.3. The summed E-state index contributed by atoms with van der Waals surface area (Å²) >= 11 is 0. The molecule has 0 saturated carbocycles. The van der Waals surface area contributed by atoms with Gasteiger partial charge in [0.15, 0.2) is 17.3 Å². The number of nitrogens with one attached hydrogen (secondary N) is 3. The minimum atomic E-state index is -2.03. The molecule has 3 heterocycles. The van der Waals surface area contributed by atoms with E-state index in [9.17, 15) is 14.4 Å². The Hall–Kier alpha value is -4.61. The standard InChI is InChI=1S/C40H48N6O5/c1-4-43-32-21-27-11-6-5-10-26(27)20-28(32)24-50-36(49)40-35(48)31-13-8-7-12-30(31)34(47)39(40,51-40)17-14-25(2)23-38(29-15-19-44-33(41)22-29)16-9-18-45-37(42-3)46-38/h6-8,11-15,19,21-22,26,28,32,43H,4-5,9-10,16-18,20,23-24H2,1-3H3,(H2,41,44)(H2,42,45,46). The highest BCUT2D eigenvalue weighted by atomic mass is 16.7. The number of fused-ring (bicyclic) bond motifs is 3. The SMILES string of the molecule is CCNC1C=C2C=CCCC2CC1COC(=O)C12OC1(CC=C(C)CC1(c3ccnc(N)c3)CCCNC(=NC)N1)C(=O)c1ccccc1C2=O. The molecule has 7 rings (SSSR count). The van der Waals surface area contributed by atoms with E-state index in [1.165, 1.54) is 5.57 Å². The highest BCUT2D eigenvalue weighted by molar-refractivity contribution is 6.32. The van der Waals surface area contributed by atoms with Crippen molar-refractivity contribution < 1.29 is 23.9 Å². The Balaban J connectivity index is 1.17. The number of nitrogen functional groups attached to an aromatic ring is 1. The molecular formula is C40H48N6O5. The molecule has 1 aromatic carbocycles. The molecule has 1 aromatic heterocycles. The quantitative estimate of drug-likeness (QED) is 0.120. The van der Waals surface area contributed by atoms with E-state index in [1.54, 1.807) is 37.5 Å². The number of Topliss-reactive ketones (excluding diaryl/α,β-unsaturated/α-hetero) is 2. The van der Waals surface area contributed by atoms with Gasteiger partial charge in [-0.3, -0.25) is 14.6 Å². The van der Waals surface area contributed by atoms with Crippen molar-refractivity contribution in [3.8, 4) is 0 Å². The number of ketones is 2. The number of benzene rings is 1. The zero-order valence-electron chi connectivity index (χ0n) is 29.7. The van der Waals surface area contributed by atoms with E-state index in [1.807, 2.05) is 25.1 Å². The van der Waals surface area contributed by atoms with Crippen LogP contribution in [0.25, 0.3) is 0 Å². The summed E-state index contributed by atoms with van der Waals surface area (Å²) in [6.45, 7) is 5.70. The van der Waals surface area contributed by atoms with E-state index in [0.717, 1.165) is 56.3 Å². The molecule has 2 aromatic rings. The minimum absolute atomic E-state index is 0.0269. The topological polar surface area (TPSA) is 160 Å². The van der Waals surface area contributed by atoms with Crippen molar-refractivity contribution in [1.82, 2.24) is 20.9 Å². The average Bonchev–Trinajstić information content (AvgIpc) is 3.89. The molecule has 11 nitrogen and oxygen atoms in total. The van der Waals surface area contributed by atoms with E-state index in [2.05, 4.69) is 51.1 Å². The lowest BCUT2D eigenvalue weighted by Crippen LogP contribution is -2.51. The molecule has 268 valence electrons. The van der Waals surface area contributed by atoms with Crippen LogP contribution in [0.4, 0.5) is 5.82 Å². The van der Waals surface area contributed by atoms with Crippen LogP contribution < -0.4 is 21.7 Å². The van der Waals surface area contributed by atoms with Crippen LogP contribution in [-0.4, -0.2) is 72.5 Å². The van der Waals surface area contributed by atoms with Gasteiger partial charge in [-0.05, 0) is 81.2 Å². The summed E-state index contributed by atoms with van der Waals surface area (Å²) in [6, 6.07) is 10.5. The van der Waals surface area contributed by atoms with Gasteiger partial charge in [-0.2, -0.15) is 0 Å². The third-order valence-electron chi connectivity index (χ3n) is 11.3. The molecule has 0 bridgehead atoms. The molecule has 6 atom stereocenters. The van der Waals surface area contributed by atoms with Crippen molar-refractivity contribution >= 4 is 29.3 Å². The van der Waals surface area contributed by atoms with Crippen molar-refractivity contribution in [2.45, 2.75) is 81.6 Å². The molecule has 2 fully saturated rings. The van der Waals surface area contributed by atoms with Gasteiger partial charge in [0.2, 0.25) is 5.78 Å². The Kier molecular flexibility index (Phi) is 9.45. The van der Waals surface area contributed by atoms with Crippen LogP contribution in [0.5, 0.6) is 0 Å². The number of aliphatic imine (C=N–C) groups is 1. The normalized spacial score (nSPS) is 32.1. The predicted octanol–water partition coefficient (Wildman–Crippen LogP) is 4.57. The lowest BCUT2D eigenvalue weighted by molar-refractivity contribution is -0.150. The van der Waals surface area contributed by atoms with Gasteiger partial charge in [0, 0.05) is 49.3 Å². The minimum Gasteiger partial charge on any atom is -0.463 e. The number of ether oxygens (including phenoxy) is 2. The van der Waals surface area contributed by atoms with Crippen LogP contribution in [-0.2, 0) is 19.8 Å². The van der Waals surface area contributed by atoms with Crippen molar-refractivity contribution in [3.05, 3.63) is 94.7 Å². The molecule has 6 unspecified atom stereocenters. The largest absolute Gasteiger partial charge is 0.463 e. The van der Waals surface area contributed by atoms with Crippen LogP contribution in [0, 0.1) is 11.8 Å². The number of pyridine rings is 1. The van der Waals surface area contributed by atoms with E-state index in [0.29, 0.717) is 24.1 Å². The van der Waals surface area contributed by atoms with Gasteiger partial charge < -0.3 is 31.2 Å². The highest BCUT2D eigenvalue weighted by Gasteiger charge is 2.85. The number of hydrogen-bond acceptors (Lipinski definition) is 9. The molecule has 0 radical (unpaired) electrons. The van der Waals surface area contributed by atoms with Crippen LogP contribution >= 0.6 is 0 Å². The maximum absolute atomic E-state index is 14.3. The number of nitrogens with two attached hydrogens (primary N) is 1. The first-order valence-corrected chi connectivity index (χ1v) is 18.2. The van der Waals surface area contributed by atoms with Crippen molar-refractivity contribution in [2.24, 2.45) is 16.8 Å². The molecule has 3 aliphatic carbocycles. The van der Waals surface area contributed by atoms with Crippen molar-refractivity contribution in [1.29, 1.82) is 0 Å². The number of esters is 1. The number of hydrogen-bond donors (Lipinski definition) is 4. The highest BCUT2D eigenvalue weighted by Crippen LogP contribution is 2.58. The number of carbonyl (C=O) groups is 3. The first-order valence-electron chi connectivity index (χ1n) is 18.2. The summed E-state index contributed by atoms with van der Waals surface area (Å²) in [6.07, 6.45) is 15.5. The first kappa shape index (κ1) is 34.8. The lowest BCUT2D eigenvalue weighted by Gasteiger charge is -2.36. The Labute approximate surface area is 299 Å². The van der Waals surface area contributed by atoms with Gasteiger partial charge in [0.25, 0.3) is 5.60 Å². The molecule has 2 aliphatic heterocycles. The predicted molar refractivity (Wildman–Crippen MR) is 195 cm³/mol. The Morgan fingerprint density at radius 2 is 2.02 bits per heavy atom. The molecule has 11 heteroatoms. The van der Waals surface area contributed by atoms with Gasteiger partial charge in [-0.1, -0.05) is 61.1 Å².